The minimum Gasteiger partial charge on any atom is -0.393 e. The summed E-state index contributed by atoms with van der Waals surface area (Å²) >= 11 is 0. The first-order chi connectivity index (χ1) is 7.22. The van der Waals surface area contributed by atoms with Crippen LogP contribution in [0, 0.1) is 17.3 Å². The van der Waals surface area contributed by atoms with E-state index >= 15 is 0 Å². The molecule has 0 aromatic heterocycles. The first-order valence-electron chi connectivity index (χ1n) is 6.51. The highest BCUT2D eigenvalue weighted by Gasteiger charge is 2.57. The lowest BCUT2D eigenvalue weighted by Crippen LogP contribution is -2.30. The van der Waals surface area contributed by atoms with Gasteiger partial charge in [-0.25, -0.2) is 0 Å². The minimum absolute atomic E-state index is 0.0568. The van der Waals surface area contributed by atoms with Gasteiger partial charge in [-0.15, -0.1) is 6.58 Å². The Morgan fingerprint density at radius 2 is 2.27 bits per heavy atom. The van der Waals surface area contributed by atoms with Crippen molar-refractivity contribution in [1.82, 2.24) is 0 Å². The molecule has 4 atom stereocenters. The fourth-order valence-corrected chi connectivity index (χ4v) is 3.53. The summed E-state index contributed by atoms with van der Waals surface area (Å²) in [5.74, 6) is 1.43. The van der Waals surface area contributed by atoms with E-state index in [1.54, 1.807) is 0 Å². The van der Waals surface area contributed by atoms with E-state index in [1.165, 1.54) is 32.1 Å². The molecule has 0 bridgehead atoms. The Morgan fingerprint density at radius 3 is 2.93 bits per heavy atom. The topological polar surface area (TPSA) is 20.2 Å². The largest absolute Gasteiger partial charge is 0.393 e. The molecule has 0 radical (unpaired) electrons. The summed E-state index contributed by atoms with van der Waals surface area (Å²) in [6.07, 6.45) is 10.6. The molecular formula is C14H24O. The van der Waals surface area contributed by atoms with Crippen molar-refractivity contribution in [3.05, 3.63) is 12.7 Å². The number of unbranched alkanes of at least 4 members (excludes halogenated alkanes) is 1. The zero-order chi connectivity index (χ0) is 10.9. The summed E-state index contributed by atoms with van der Waals surface area (Å²) < 4.78 is 0. The van der Waals surface area contributed by atoms with Gasteiger partial charge in [0.05, 0.1) is 6.10 Å². The second kappa shape index (κ2) is 4.29. The Hall–Kier alpha value is -0.300. The van der Waals surface area contributed by atoms with Crippen LogP contribution >= 0.6 is 0 Å². The van der Waals surface area contributed by atoms with Crippen LogP contribution < -0.4 is 0 Å². The molecule has 1 N–H and O–H groups in total. The van der Waals surface area contributed by atoms with E-state index in [0.717, 1.165) is 18.8 Å². The molecule has 2 aliphatic carbocycles. The van der Waals surface area contributed by atoms with E-state index in [-0.39, 0.29) is 6.10 Å². The molecular weight excluding hydrogens is 184 g/mol. The average Bonchev–Trinajstić information content (AvgIpc) is 2.89. The lowest BCUT2D eigenvalue weighted by molar-refractivity contribution is 0.0385. The van der Waals surface area contributed by atoms with E-state index < -0.39 is 0 Å². The van der Waals surface area contributed by atoms with Crippen molar-refractivity contribution < 1.29 is 5.11 Å². The number of fused-ring (bicyclic) bond motifs is 1. The zero-order valence-electron chi connectivity index (χ0n) is 9.91. The van der Waals surface area contributed by atoms with Gasteiger partial charge in [-0.3, -0.25) is 0 Å². The quantitative estimate of drug-likeness (QED) is 0.685. The van der Waals surface area contributed by atoms with E-state index in [0.29, 0.717) is 11.3 Å². The lowest BCUT2D eigenvalue weighted by Gasteiger charge is -2.32. The van der Waals surface area contributed by atoms with Gasteiger partial charge in [0.1, 0.15) is 0 Å². The third-order valence-electron chi connectivity index (χ3n) is 4.60. The first-order valence-corrected chi connectivity index (χ1v) is 6.51. The fourth-order valence-electron chi connectivity index (χ4n) is 3.53. The van der Waals surface area contributed by atoms with Crippen LogP contribution in [0.4, 0.5) is 0 Å². The van der Waals surface area contributed by atoms with E-state index in [9.17, 15) is 5.11 Å². The van der Waals surface area contributed by atoms with Crippen molar-refractivity contribution in [1.29, 1.82) is 0 Å². The molecule has 2 saturated carbocycles. The van der Waals surface area contributed by atoms with Crippen molar-refractivity contribution in [3.8, 4) is 0 Å². The van der Waals surface area contributed by atoms with E-state index in [4.69, 9.17) is 0 Å². The molecule has 2 rings (SSSR count). The number of hydrogen-bond acceptors (Lipinski definition) is 1. The normalized spacial score (nSPS) is 43.5. The molecule has 0 aromatic carbocycles. The van der Waals surface area contributed by atoms with Gasteiger partial charge in [0.2, 0.25) is 0 Å². The molecule has 0 aliphatic heterocycles. The summed E-state index contributed by atoms with van der Waals surface area (Å²) in [7, 11) is 0. The smallest absolute Gasteiger partial charge is 0.0576 e. The van der Waals surface area contributed by atoms with Crippen LogP contribution in [0.15, 0.2) is 12.7 Å². The van der Waals surface area contributed by atoms with Crippen LogP contribution in [-0.2, 0) is 0 Å². The first kappa shape index (κ1) is 11.2. The SMILES string of the molecule is C=CC[C@@H]1C[C@H]2C[C@@]2(CCCC)C[C@H]1O. The molecule has 86 valence electrons. The Bertz CT molecular complexity index is 235. The van der Waals surface area contributed by atoms with Crippen LogP contribution in [0.3, 0.4) is 0 Å². The fraction of sp³-hybridized carbons (Fsp3) is 0.857. The predicted octanol–water partition coefficient (Wildman–Crippen LogP) is 3.53. The van der Waals surface area contributed by atoms with Crippen LogP contribution in [0.1, 0.15) is 51.9 Å². The highest BCUT2D eigenvalue weighted by molar-refractivity contribution is 5.08. The van der Waals surface area contributed by atoms with Crippen LogP contribution in [0.25, 0.3) is 0 Å². The molecule has 2 fully saturated rings. The van der Waals surface area contributed by atoms with Gasteiger partial charge >= 0.3 is 0 Å². The summed E-state index contributed by atoms with van der Waals surface area (Å²) in [4.78, 5) is 0. The maximum Gasteiger partial charge on any atom is 0.0576 e. The molecule has 0 unspecified atom stereocenters. The van der Waals surface area contributed by atoms with Crippen molar-refractivity contribution in [2.75, 3.05) is 0 Å². The molecule has 0 saturated heterocycles. The van der Waals surface area contributed by atoms with Crippen LogP contribution in [0.2, 0.25) is 0 Å². The van der Waals surface area contributed by atoms with E-state index in [2.05, 4.69) is 13.5 Å². The number of aliphatic hydroxyl groups excluding tert-OH is 1. The van der Waals surface area contributed by atoms with Gasteiger partial charge in [0, 0.05) is 0 Å². The van der Waals surface area contributed by atoms with Crippen molar-refractivity contribution >= 4 is 0 Å². The highest BCUT2D eigenvalue weighted by atomic mass is 16.3. The Kier molecular flexibility index (Phi) is 3.20. The molecule has 15 heavy (non-hydrogen) atoms. The lowest BCUT2D eigenvalue weighted by atomic mass is 9.76. The predicted molar refractivity (Wildman–Crippen MR) is 63.6 cm³/mol. The van der Waals surface area contributed by atoms with Gasteiger partial charge in [-0.2, -0.15) is 0 Å². The van der Waals surface area contributed by atoms with Gasteiger partial charge in [0.15, 0.2) is 0 Å². The summed E-state index contributed by atoms with van der Waals surface area (Å²) in [6.45, 7) is 6.04. The molecule has 0 heterocycles. The number of allylic oxidation sites excluding steroid dienone is 1. The third kappa shape index (κ3) is 2.13. The summed E-state index contributed by atoms with van der Waals surface area (Å²) in [6, 6.07) is 0. The highest BCUT2D eigenvalue weighted by Crippen LogP contribution is 2.65. The molecule has 0 aromatic rings. The summed E-state index contributed by atoms with van der Waals surface area (Å²) in [5, 5.41) is 10.1. The maximum atomic E-state index is 10.1. The van der Waals surface area contributed by atoms with Gasteiger partial charge in [0.25, 0.3) is 0 Å². The van der Waals surface area contributed by atoms with Crippen molar-refractivity contribution in [3.63, 3.8) is 0 Å². The Morgan fingerprint density at radius 1 is 1.47 bits per heavy atom. The molecule has 1 nitrogen and oxygen atoms in total. The molecule has 1 heteroatoms. The van der Waals surface area contributed by atoms with Gasteiger partial charge in [-0.1, -0.05) is 25.8 Å². The van der Waals surface area contributed by atoms with E-state index in [1.807, 2.05) is 6.08 Å². The minimum atomic E-state index is -0.0568. The van der Waals surface area contributed by atoms with Crippen LogP contribution in [0.5, 0.6) is 0 Å². The number of aliphatic hydroxyl groups is 1. The van der Waals surface area contributed by atoms with Crippen LogP contribution in [-0.4, -0.2) is 11.2 Å². The number of hydrogen-bond donors (Lipinski definition) is 1. The van der Waals surface area contributed by atoms with Crippen molar-refractivity contribution in [2.24, 2.45) is 17.3 Å². The Balaban J connectivity index is 1.89. The summed E-state index contributed by atoms with van der Waals surface area (Å²) in [5.41, 5.74) is 0.563. The standard InChI is InChI=1S/C14H24O/c1-3-5-7-14-9-12(14)8-11(6-4-2)13(15)10-14/h4,11-13,15H,2-3,5-10H2,1H3/t11-,12+,13-,14+/m1/s1. The van der Waals surface area contributed by atoms with Crippen molar-refractivity contribution in [2.45, 2.75) is 58.0 Å². The second-order valence-corrected chi connectivity index (χ2v) is 5.66. The monoisotopic (exact) mass is 208 g/mol. The maximum absolute atomic E-state index is 10.1. The average molecular weight is 208 g/mol. The molecule has 2 aliphatic rings. The Labute approximate surface area is 93.6 Å². The van der Waals surface area contributed by atoms with Gasteiger partial charge in [-0.05, 0) is 49.4 Å². The third-order valence-corrected chi connectivity index (χ3v) is 4.60. The molecule has 0 spiro atoms. The second-order valence-electron chi connectivity index (χ2n) is 5.66. The zero-order valence-corrected chi connectivity index (χ0v) is 9.91. The van der Waals surface area contributed by atoms with Gasteiger partial charge < -0.3 is 5.11 Å². The number of rotatable bonds is 5. The molecule has 0 amide bonds.